The van der Waals surface area contributed by atoms with Crippen LogP contribution in [-0.4, -0.2) is 49.3 Å². The van der Waals surface area contributed by atoms with E-state index in [1.54, 1.807) is 0 Å². The second-order valence-electron chi connectivity index (χ2n) is 5.64. The first-order chi connectivity index (χ1) is 8.26. The van der Waals surface area contributed by atoms with Gasteiger partial charge in [-0.1, -0.05) is 13.8 Å². The molecular formula is C14H28N2O. The molecule has 1 N–H and O–H groups in total. The smallest absolute Gasteiger partial charge is 0.0509 e. The topological polar surface area (TPSA) is 24.5 Å². The van der Waals surface area contributed by atoms with E-state index in [1.165, 1.54) is 25.8 Å². The fourth-order valence-electron chi connectivity index (χ4n) is 3.24. The van der Waals surface area contributed by atoms with E-state index in [1.807, 2.05) is 0 Å². The third-order valence-electron chi connectivity index (χ3n) is 4.68. The molecule has 2 aliphatic rings. The standard InChI is InChI=1S/C14H28N2O/c1-4-13-9-16(14(5-2)8-15-13)11(3)12-6-7-17-10-12/h11-15H,4-10H2,1-3H3. The molecule has 2 aliphatic heterocycles. The van der Waals surface area contributed by atoms with Crippen molar-refractivity contribution in [2.24, 2.45) is 5.92 Å². The maximum atomic E-state index is 5.55. The van der Waals surface area contributed by atoms with Crippen LogP contribution in [-0.2, 0) is 4.74 Å². The highest BCUT2D eigenvalue weighted by Gasteiger charge is 2.34. The summed E-state index contributed by atoms with van der Waals surface area (Å²) >= 11 is 0. The Labute approximate surface area is 106 Å². The number of rotatable bonds is 4. The van der Waals surface area contributed by atoms with E-state index in [9.17, 15) is 0 Å². The second-order valence-corrected chi connectivity index (χ2v) is 5.64. The van der Waals surface area contributed by atoms with Crippen molar-refractivity contribution < 1.29 is 4.74 Å². The molecule has 0 amide bonds. The van der Waals surface area contributed by atoms with Crippen LogP contribution in [0.1, 0.15) is 40.0 Å². The minimum atomic E-state index is 0.679. The lowest BCUT2D eigenvalue weighted by atomic mass is 9.94. The van der Waals surface area contributed by atoms with Crippen molar-refractivity contribution in [2.75, 3.05) is 26.3 Å². The number of hydrogen-bond acceptors (Lipinski definition) is 3. The normalized spacial score (nSPS) is 37.2. The molecule has 0 aliphatic carbocycles. The summed E-state index contributed by atoms with van der Waals surface area (Å²) < 4.78 is 5.55. The third kappa shape index (κ3) is 3.01. The second kappa shape index (κ2) is 6.17. The summed E-state index contributed by atoms with van der Waals surface area (Å²) in [5, 5.41) is 3.67. The molecule has 2 saturated heterocycles. The Hall–Kier alpha value is -0.120. The van der Waals surface area contributed by atoms with Crippen LogP contribution < -0.4 is 5.32 Å². The van der Waals surface area contributed by atoms with E-state index < -0.39 is 0 Å². The predicted molar refractivity (Wildman–Crippen MR) is 71.3 cm³/mol. The molecule has 2 fully saturated rings. The van der Waals surface area contributed by atoms with Gasteiger partial charge in [-0.15, -0.1) is 0 Å². The highest BCUT2D eigenvalue weighted by Crippen LogP contribution is 2.25. The van der Waals surface area contributed by atoms with Crippen molar-refractivity contribution in [1.82, 2.24) is 10.2 Å². The molecular weight excluding hydrogens is 212 g/mol. The summed E-state index contributed by atoms with van der Waals surface area (Å²) in [6, 6.07) is 2.08. The lowest BCUT2D eigenvalue weighted by Gasteiger charge is -2.45. The predicted octanol–water partition coefficient (Wildman–Crippen LogP) is 1.87. The fraction of sp³-hybridized carbons (Fsp3) is 1.00. The van der Waals surface area contributed by atoms with E-state index in [-0.39, 0.29) is 0 Å². The van der Waals surface area contributed by atoms with Crippen LogP contribution in [0.3, 0.4) is 0 Å². The monoisotopic (exact) mass is 240 g/mol. The molecule has 3 nitrogen and oxygen atoms in total. The molecule has 0 aromatic heterocycles. The van der Waals surface area contributed by atoms with Gasteiger partial charge in [0.25, 0.3) is 0 Å². The van der Waals surface area contributed by atoms with Gasteiger partial charge in [0.1, 0.15) is 0 Å². The van der Waals surface area contributed by atoms with E-state index >= 15 is 0 Å². The van der Waals surface area contributed by atoms with Gasteiger partial charge in [0.05, 0.1) is 6.61 Å². The highest BCUT2D eigenvalue weighted by atomic mass is 16.5. The Morgan fingerprint density at radius 3 is 2.76 bits per heavy atom. The van der Waals surface area contributed by atoms with E-state index in [2.05, 4.69) is 31.0 Å². The molecule has 0 bridgehead atoms. The van der Waals surface area contributed by atoms with Crippen LogP contribution in [0.5, 0.6) is 0 Å². The average Bonchev–Trinajstić information content (AvgIpc) is 2.91. The van der Waals surface area contributed by atoms with E-state index in [0.29, 0.717) is 18.1 Å². The Bertz CT molecular complexity index is 228. The number of ether oxygens (including phenoxy) is 1. The maximum absolute atomic E-state index is 5.55. The van der Waals surface area contributed by atoms with Gasteiger partial charge in [0, 0.05) is 37.8 Å². The van der Waals surface area contributed by atoms with Gasteiger partial charge in [-0.25, -0.2) is 0 Å². The fourth-order valence-corrected chi connectivity index (χ4v) is 3.24. The first kappa shape index (κ1) is 13.3. The summed E-state index contributed by atoms with van der Waals surface area (Å²) in [5.41, 5.74) is 0. The largest absolute Gasteiger partial charge is 0.381 e. The van der Waals surface area contributed by atoms with Gasteiger partial charge < -0.3 is 10.1 Å². The average molecular weight is 240 g/mol. The van der Waals surface area contributed by atoms with Gasteiger partial charge >= 0.3 is 0 Å². The van der Waals surface area contributed by atoms with Gasteiger partial charge in [-0.2, -0.15) is 0 Å². The number of nitrogens with zero attached hydrogens (tertiary/aromatic N) is 1. The SMILES string of the molecule is CCC1CN(C(C)C2CCOC2)C(CC)CN1. The Kier molecular flexibility index (Phi) is 4.83. The summed E-state index contributed by atoms with van der Waals surface area (Å²) in [4.78, 5) is 2.74. The van der Waals surface area contributed by atoms with Crippen molar-refractivity contribution in [3.8, 4) is 0 Å². The number of hydrogen-bond donors (Lipinski definition) is 1. The Morgan fingerprint density at radius 2 is 2.18 bits per heavy atom. The van der Waals surface area contributed by atoms with Crippen molar-refractivity contribution in [2.45, 2.75) is 58.2 Å². The molecule has 2 rings (SSSR count). The van der Waals surface area contributed by atoms with Crippen molar-refractivity contribution in [3.05, 3.63) is 0 Å². The molecule has 0 radical (unpaired) electrons. The zero-order chi connectivity index (χ0) is 12.3. The molecule has 4 unspecified atom stereocenters. The zero-order valence-electron chi connectivity index (χ0n) is 11.6. The Morgan fingerprint density at radius 1 is 1.35 bits per heavy atom. The van der Waals surface area contributed by atoms with Crippen LogP contribution in [0.25, 0.3) is 0 Å². The lowest BCUT2D eigenvalue weighted by Crippen LogP contribution is -2.59. The molecule has 0 aromatic carbocycles. The van der Waals surface area contributed by atoms with E-state index in [4.69, 9.17) is 4.74 Å². The molecule has 100 valence electrons. The molecule has 17 heavy (non-hydrogen) atoms. The number of nitrogens with one attached hydrogen (secondary N) is 1. The van der Waals surface area contributed by atoms with Gasteiger partial charge in [-0.3, -0.25) is 4.90 Å². The quantitative estimate of drug-likeness (QED) is 0.812. The summed E-state index contributed by atoms with van der Waals surface area (Å²) in [7, 11) is 0. The van der Waals surface area contributed by atoms with Gasteiger partial charge in [-0.05, 0) is 32.1 Å². The first-order valence-corrected chi connectivity index (χ1v) is 7.33. The minimum Gasteiger partial charge on any atom is -0.381 e. The summed E-state index contributed by atoms with van der Waals surface area (Å²) in [5.74, 6) is 0.750. The maximum Gasteiger partial charge on any atom is 0.0509 e. The molecule has 3 heteroatoms. The minimum absolute atomic E-state index is 0.679. The lowest BCUT2D eigenvalue weighted by molar-refractivity contribution is 0.0518. The number of piperazine rings is 1. The molecule has 4 atom stereocenters. The third-order valence-corrected chi connectivity index (χ3v) is 4.68. The van der Waals surface area contributed by atoms with Gasteiger partial charge in [0.15, 0.2) is 0 Å². The van der Waals surface area contributed by atoms with Crippen molar-refractivity contribution >= 4 is 0 Å². The van der Waals surface area contributed by atoms with Crippen molar-refractivity contribution in [3.63, 3.8) is 0 Å². The van der Waals surface area contributed by atoms with Gasteiger partial charge in [0.2, 0.25) is 0 Å². The highest BCUT2D eigenvalue weighted by molar-refractivity contribution is 4.90. The van der Waals surface area contributed by atoms with E-state index in [0.717, 1.165) is 25.7 Å². The van der Waals surface area contributed by atoms with Crippen LogP contribution in [0.15, 0.2) is 0 Å². The van der Waals surface area contributed by atoms with Crippen LogP contribution in [0, 0.1) is 5.92 Å². The molecule has 0 aromatic rings. The Balaban J connectivity index is 1.98. The molecule has 2 heterocycles. The summed E-state index contributed by atoms with van der Waals surface area (Å²) in [6.45, 7) is 11.3. The molecule has 0 spiro atoms. The first-order valence-electron chi connectivity index (χ1n) is 7.33. The molecule has 0 saturated carbocycles. The van der Waals surface area contributed by atoms with Crippen LogP contribution >= 0.6 is 0 Å². The van der Waals surface area contributed by atoms with Crippen LogP contribution in [0.2, 0.25) is 0 Å². The zero-order valence-corrected chi connectivity index (χ0v) is 11.6. The van der Waals surface area contributed by atoms with Crippen molar-refractivity contribution in [1.29, 1.82) is 0 Å². The summed E-state index contributed by atoms with van der Waals surface area (Å²) in [6.07, 6.45) is 3.74. The van der Waals surface area contributed by atoms with Crippen LogP contribution in [0.4, 0.5) is 0 Å².